The molecule has 0 aliphatic carbocycles. The highest BCUT2D eigenvalue weighted by atomic mass is 32.1. The number of para-hydroxylation sites is 1. The fourth-order valence-electron chi connectivity index (χ4n) is 3.43. The molecule has 0 radical (unpaired) electrons. The summed E-state index contributed by atoms with van der Waals surface area (Å²) in [5.74, 6) is 0. The van der Waals surface area contributed by atoms with Gasteiger partial charge in [0.25, 0.3) is 0 Å². The molecule has 0 fully saturated rings. The number of aromatic nitrogens is 1. The zero-order chi connectivity index (χ0) is 17.3. The highest BCUT2D eigenvalue weighted by Crippen LogP contribution is 2.45. The summed E-state index contributed by atoms with van der Waals surface area (Å²) < 4.78 is 0. The van der Waals surface area contributed by atoms with Crippen LogP contribution in [0.15, 0.2) is 97.2 Å². The second-order valence-corrected chi connectivity index (χ2v) is 7.39. The smallest absolute Gasteiger partial charge is 0.0460 e. The molecule has 2 heteroatoms. The molecule has 5 aromatic rings. The molecule has 5 rings (SSSR count). The molecular formula is C24H17NS. The van der Waals surface area contributed by atoms with Crippen molar-refractivity contribution < 1.29 is 0 Å². The van der Waals surface area contributed by atoms with Gasteiger partial charge in [-0.05, 0) is 23.3 Å². The molecule has 1 nitrogen and oxygen atoms in total. The molecule has 2 heterocycles. The first-order valence-electron chi connectivity index (χ1n) is 8.71. The Bertz CT molecular complexity index is 1170. The number of benzene rings is 3. The van der Waals surface area contributed by atoms with Crippen molar-refractivity contribution in [3.05, 3.63) is 97.2 Å². The summed E-state index contributed by atoms with van der Waals surface area (Å²) in [5.41, 5.74) is 6.25. The number of thiophene rings is 1. The zero-order valence-electron chi connectivity index (χ0n) is 14.1. The van der Waals surface area contributed by atoms with E-state index < -0.39 is 0 Å². The fraction of sp³-hybridized carbons (Fsp3) is 0. The highest BCUT2D eigenvalue weighted by Gasteiger charge is 2.16. The molecule has 2 aromatic heterocycles. The van der Waals surface area contributed by atoms with Crippen LogP contribution in [-0.2, 0) is 0 Å². The quantitative estimate of drug-likeness (QED) is 0.353. The molecule has 1 N–H and O–H groups in total. The summed E-state index contributed by atoms with van der Waals surface area (Å²) in [6, 6.07) is 32.1. The van der Waals surface area contributed by atoms with E-state index in [0.29, 0.717) is 0 Å². The maximum Gasteiger partial charge on any atom is 0.0460 e. The Kier molecular flexibility index (Phi) is 3.69. The molecule has 0 spiro atoms. The van der Waals surface area contributed by atoms with Crippen LogP contribution >= 0.6 is 11.3 Å². The number of aromatic amines is 1. The molecule has 0 atom stereocenters. The second kappa shape index (κ2) is 6.32. The SMILES string of the molecule is c1ccc(-c2cc(-c3c[nH]c4ccccc34)c(-c3ccccc3)s2)cc1. The van der Waals surface area contributed by atoms with Crippen LogP contribution < -0.4 is 0 Å². The van der Waals surface area contributed by atoms with E-state index in [0.717, 1.165) is 0 Å². The van der Waals surface area contributed by atoms with Gasteiger partial charge in [-0.2, -0.15) is 0 Å². The van der Waals surface area contributed by atoms with E-state index in [9.17, 15) is 0 Å². The van der Waals surface area contributed by atoms with Gasteiger partial charge in [0, 0.05) is 38.0 Å². The van der Waals surface area contributed by atoms with Crippen LogP contribution in [0.2, 0.25) is 0 Å². The van der Waals surface area contributed by atoms with E-state index in [1.165, 1.54) is 42.9 Å². The van der Waals surface area contributed by atoms with Gasteiger partial charge in [-0.1, -0.05) is 78.9 Å². The lowest BCUT2D eigenvalue weighted by Crippen LogP contribution is -1.77. The van der Waals surface area contributed by atoms with Crippen LogP contribution in [-0.4, -0.2) is 4.98 Å². The molecule has 0 amide bonds. The zero-order valence-corrected chi connectivity index (χ0v) is 15.0. The van der Waals surface area contributed by atoms with E-state index in [-0.39, 0.29) is 0 Å². The molecule has 3 aromatic carbocycles. The van der Waals surface area contributed by atoms with Gasteiger partial charge < -0.3 is 4.98 Å². The molecule has 0 saturated carbocycles. The Morgan fingerprint density at radius 1 is 0.615 bits per heavy atom. The van der Waals surface area contributed by atoms with Crippen LogP contribution in [0.5, 0.6) is 0 Å². The third kappa shape index (κ3) is 2.56. The van der Waals surface area contributed by atoms with Gasteiger partial charge in [-0.25, -0.2) is 0 Å². The van der Waals surface area contributed by atoms with Crippen LogP contribution in [0.25, 0.3) is 42.9 Å². The molecular weight excluding hydrogens is 334 g/mol. The largest absolute Gasteiger partial charge is 0.361 e. The fourth-order valence-corrected chi connectivity index (χ4v) is 4.62. The normalized spacial score (nSPS) is 11.1. The van der Waals surface area contributed by atoms with Crippen LogP contribution in [0, 0.1) is 0 Å². The van der Waals surface area contributed by atoms with Crippen LogP contribution in [0.3, 0.4) is 0 Å². The Balaban J connectivity index is 1.77. The van der Waals surface area contributed by atoms with E-state index in [2.05, 4.69) is 102 Å². The highest BCUT2D eigenvalue weighted by molar-refractivity contribution is 7.19. The van der Waals surface area contributed by atoms with E-state index in [4.69, 9.17) is 0 Å². The van der Waals surface area contributed by atoms with E-state index >= 15 is 0 Å². The topological polar surface area (TPSA) is 15.8 Å². The summed E-state index contributed by atoms with van der Waals surface area (Å²) in [7, 11) is 0. The minimum absolute atomic E-state index is 1.17. The molecule has 0 saturated heterocycles. The molecule has 0 aliphatic heterocycles. The molecule has 0 aliphatic rings. The lowest BCUT2D eigenvalue weighted by molar-refractivity contribution is 1.48. The van der Waals surface area contributed by atoms with Crippen molar-refractivity contribution in [2.24, 2.45) is 0 Å². The number of fused-ring (bicyclic) bond motifs is 1. The van der Waals surface area contributed by atoms with Gasteiger partial charge in [0.05, 0.1) is 0 Å². The van der Waals surface area contributed by atoms with Gasteiger partial charge in [0.1, 0.15) is 0 Å². The summed E-state index contributed by atoms with van der Waals surface area (Å²) in [4.78, 5) is 6.03. The van der Waals surface area contributed by atoms with E-state index in [1.807, 2.05) is 11.3 Å². The molecule has 0 bridgehead atoms. The summed E-state index contributed by atoms with van der Waals surface area (Å²) >= 11 is 1.86. The number of H-pyrrole nitrogens is 1. The maximum absolute atomic E-state index is 3.42. The predicted octanol–water partition coefficient (Wildman–Crippen LogP) is 7.23. The first kappa shape index (κ1) is 15.2. The minimum Gasteiger partial charge on any atom is -0.361 e. The number of nitrogens with one attached hydrogen (secondary N) is 1. The number of hydrogen-bond donors (Lipinski definition) is 1. The van der Waals surface area contributed by atoms with Crippen molar-refractivity contribution in [3.8, 4) is 32.0 Å². The third-order valence-corrected chi connectivity index (χ3v) is 5.94. The van der Waals surface area contributed by atoms with Gasteiger partial charge in [0.15, 0.2) is 0 Å². The van der Waals surface area contributed by atoms with E-state index in [1.54, 1.807) is 0 Å². The average Bonchev–Trinajstić information content (AvgIpc) is 3.34. The molecule has 0 unspecified atom stereocenters. The van der Waals surface area contributed by atoms with Gasteiger partial charge in [-0.3, -0.25) is 0 Å². The first-order chi connectivity index (χ1) is 12.9. The predicted molar refractivity (Wildman–Crippen MR) is 112 cm³/mol. The van der Waals surface area contributed by atoms with Crippen LogP contribution in [0.1, 0.15) is 0 Å². The van der Waals surface area contributed by atoms with Crippen molar-refractivity contribution in [1.82, 2.24) is 4.98 Å². The van der Waals surface area contributed by atoms with Crippen molar-refractivity contribution in [2.75, 3.05) is 0 Å². The minimum atomic E-state index is 1.17. The number of rotatable bonds is 3. The Hall–Kier alpha value is -3.10. The average molecular weight is 351 g/mol. The van der Waals surface area contributed by atoms with Gasteiger partial charge in [-0.15, -0.1) is 11.3 Å². The van der Waals surface area contributed by atoms with Crippen LogP contribution in [0.4, 0.5) is 0 Å². The summed E-state index contributed by atoms with van der Waals surface area (Å²) in [6.45, 7) is 0. The van der Waals surface area contributed by atoms with Crippen molar-refractivity contribution in [2.45, 2.75) is 0 Å². The first-order valence-corrected chi connectivity index (χ1v) is 9.53. The van der Waals surface area contributed by atoms with Crippen molar-refractivity contribution in [3.63, 3.8) is 0 Å². The second-order valence-electron chi connectivity index (χ2n) is 6.33. The Morgan fingerprint density at radius 3 is 2.04 bits per heavy atom. The van der Waals surface area contributed by atoms with Gasteiger partial charge in [0.2, 0.25) is 0 Å². The lowest BCUT2D eigenvalue weighted by Gasteiger charge is -2.03. The van der Waals surface area contributed by atoms with Gasteiger partial charge >= 0.3 is 0 Å². The monoisotopic (exact) mass is 351 g/mol. The lowest BCUT2D eigenvalue weighted by atomic mass is 10.0. The molecule has 26 heavy (non-hydrogen) atoms. The third-order valence-electron chi connectivity index (χ3n) is 4.71. The molecule has 124 valence electrons. The standard InChI is InChI=1S/C24H17NS/c1-3-9-17(10-4-1)23-15-20(24(26-23)18-11-5-2-6-12-18)21-16-25-22-14-8-7-13-19(21)22/h1-16,25H. The van der Waals surface area contributed by atoms with Crippen molar-refractivity contribution >= 4 is 22.2 Å². The number of hydrogen-bond acceptors (Lipinski definition) is 1. The van der Waals surface area contributed by atoms with Crippen molar-refractivity contribution in [1.29, 1.82) is 0 Å². The Morgan fingerprint density at radius 2 is 1.27 bits per heavy atom. The summed E-state index contributed by atoms with van der Waals surface area (Å²) in [6.07, 6.45) is 2.13. The maximum atomic E-state index is 3.42. The Labute approximate surface area is 156 Å². The summed E-state index contributed by atoms with van der Waals surface area (Å²) in [5, 5.41) is 1.27.